The van der Waals surface area contributed by atoms with Crippen LogP contribution in [-0.2, 0) is 21.9 Å². The van der Waals surface area contributed by atoms with E-state index in [4.69, 9.17) is 11.6 Å². The zero-order valence-corrected chi connectivity index (χ0v) is 19.7. The average Bonchev–Trinajstić information content (AvgIpc) is 2.67. The van der Waals surface area contributed by atoms with Gasteiger partial charge in [0.05, 0.1) is 5.75 Å². The van der Waals surface area contributed by atoms with E-state index in [2.05, 4.69) is 5.32 Å². The minimum absolute atomic E-state index is 0.0400. The lowest BCUT2D eigenvalue weighted by atomic mass is 10.1. The zero-order valence-electron chi connectivity index (χ0n) is 18.2. The third kappa shape index (κ3) is 8.04. The molecule has 30 heavy (non-hydrogen) atoms. The first kappa shape index (κ1) is 24.3. The van der Waals surface area contributed by atoms with Gasteiger partial charge in [0.25, 0.3) is 0 Å². The van der Waals surface area contributed by atoms with E-state index in [1.165, 1.54) is 11.8 Å². The van der Waals surface area contributed by atoms with Crippen LogP contribution < -0.4 is 5.32 Å². The molecule has 0 heterocycles. The molecule has 0 unspecified atom stereocenters. The Morgan fingerprint density at radius 1 is 1.07 bits per heavy atom. The number of hydrogen-bond acceptors (Lipinski definition) is 3. The molecule has 0 aliphatic heterocycles. The van der Waals surface area contributed by atoms with Crippen molar-refractivity contribution in [3.8, 4) is 0 Å². The monoisotopic (exact) mass is 446 g/mol. The van der Waals surface area contributed by atoms with E-state index >= 15 is 0 Å². The van der Waals surface area contributed by atoms with Gasteiger partial charge in [-0.15, -0.1) is 11.8 Å². The summed E-state index contributed by atoms with van der Waals surface area (Å²) >= 11 is 7.58. The highest BCUT2D eigenvalue weighted by Crippen LogP contribution is 2.19. The van der Waals surface area contributed by atoms with Crippen molar-refractivity contribution in [2.24, 2.45) is 0 Å². The van der Waals surface area contributed by atoms with Crippen LogP contribution in [0.2, 0.25) is 5.02 Å². The molecule has 6 heteroatoms. The molecular weight excluding hydrogens is 416 g/mol. The summed E-state index contributed by atoms with van der Waals surface area (Å²) in [5, 5.41) is 3.72. The van der Waals surface area contributed by atoms with Crippen LogP contribution in [0.5, 0.6) is 0 Å². The molecule has 2 amide bonds. The fourth-order valence-electron chi connectivity index (χ4n) is 3.12. The number of thioether (sulfide) groups is 1. The predicted molar refractivity (Wildman–Crippen MR) is 127 cm³/mol. The van der Waals surface area contributed by atoms with Gasteiger partial charge < -0.3 is 10.2 Å². The van der Waals surface area contributed by atoms with Gasteiger partial charge in [-0.05, 0) is 50.5 Å². The standard InChI is InChI=1S/C24H31ClN2O2S/c1-5-21(23(29)26-24(2,3)4)27(15-18-10-7-6-8-11-18)22(28)17-30-16-19-12-9-13-20(25)14-19/h6-14,21H,5,15-17H2,1-4H3,(H,26,29)/t21-/m0/s1. The quantitative estimate of drug-likeness (QED) is 0.568. The molecule has 0 radical (unpaired) electrons. The Balaban J connectivity index is 2.12. The van der Waals surface area contributed by atoms with Crippen LogP contribution in [0.3, 0.4) is 0 Å². The Hall–Kier alpha value is -1.98. The van der Waals surface area contributed by atoms with Gasteiger partial charge in [0.1, 0.15) is 6.04 Å². The molecule has 162 valence electrons. The molecule has 0 bridgehead atoms. The molecule has 0 saturated carbocycles. The maximum Gasteiger partial charge on any atom is 0.243 e. The van der Waals surface area contributed by atoms with E-state index in [9.17, 15) is 9.59 Å². The Morgan fingerprint density at radius 3 is 2.33 bits per heavy atom. The van der Waals surface area contributed by atoms with Crippen LogP contribution in [0.1, 0.15) is 45.2 Å². The van der Waals surface area contributed by atoms with Crippen molar-refractivity contribution in [3.05, 3.63) is 70.7 Å². The highest BCUT2D eigenvalue weighted by molar-refractivity contribution is 7.99. The first-order valence-electron chi connectivity index (χ1n) is 10.2. The van der Waals surface area contributed by atoms with Crippen molar-refractivity contribution in [2.45, 2.75) is 58.0 Å². The van der Waals surface area contributed by atoms with Crippen molar-refractivity contribution >= 4 is 35.2 Å². The van der Waals surface area contributed by atoms with Gasteiger partial charge in [0, 0.05) is 22.9 Å². The van der Waals surface area contributed by atoms with Gasteiger partial charge >= 0.3 is 0 Å². The molecule has 0 spiro atoms. The lowest BCUT2D eigenvalue weighted by Crippen LogP contribution is -2.53. The molecule has 1 atom stereocenters. The largest absolute Gasteiger partial charge is 0.350 e. The fraction of sp³-hybridized carbons (Fsp3) is 0.417. The number of benzene rings is 2. The second-order valence-corrected chi connectivity index (χ2v) is 9.72. The minimum Gasteiger partial charge on any atom is -0.350 e. The SMILES string of the molecule is CC[C@@H](C(=O)NC(C)(C)C)N(Cc1ccccc1)C(=O)CSCc1cccc(Cl)c1. The van der Waals surface area contributed by atoms with Gasteiger partial charge in [0.15, 0.2) is 0 Å². The first-order valence-corrected chi connectivity index (χ1v) is 11.7. The summed E-state index contributed by atoms with van der Waals surface area (Å²) in [5.74, 6) is 0.839. The number of carbonyl (C=O) groups excluding carboxylic acids is 2. The summed E-state index contributed by atoms with van der Waals surface area (Å²) in [7, 11) is 0. The second-order valence-electron chi connectivity index (χ2n) is 8.29. The van der Waals surface area contributed by atoms with Crippen LogP contribution in [0.25, 0.3) is 0 Å². The van der Waals surface area contributed by atoms with Crippen molar-refractivity contribution in [2.75, 3.05) is 5.75 Å². The molecule has 2 aromatic rings. The second kappa shape index (κ2) is 11.4. The highest BCUT2D eigenvalue weighted by Gasteiger charge is 2.30. The molecule has 0 aliphatic rings. The number of rotatable bonds is 9. The Morgan fingerprint density at radius 2 is 1.73 bits per heavy atom. The number of nitrogens with one attached hydrogen (secondary N) is 1. The number of carbonyl (C=O) groups is 2. The molecular formula is C24H31ClN2O2S. The van der Waals surface area contributed by atoms with Gasteiger partial charge in [-0.25, -0.2) is 0 Å². The molecule has 0 fully saturated rings. The molecule has 2 rings (SSSR count). The highest BCUT2D eigenvalue weighted by atomic mass is 35.5. The van der Waals surface area contributed by atoms with Crippen molar-refractivity contribution in [1.82, 2.24) is 10.2 Å². The summed E-state index contributed by atoms with van der Waals surface area (Å²) in [4.78, 5) is 27.8. The maximum absolute atomic E-state index is 13.2. The van der Waals surface area contributed by atoms with Crippen LogP contribution in [0, 0.1) is 0 Å². The summed E-state index contributed by atoms with van der Waals surface area (Å²) in [5.41, 5.74) is 1.73. The molecule has 1 N–H and O–H groups in total. The Bertz CT molecular complexity index is 837. The maximum atomic E-state index is 13.2. The predicted octanol–water partition coefficient (Wildman–Crippen LogP) is 5.30. The molecule has 0 saturated heterocycles. The fourth-order valence-corrected chi connectivity index (χ4v) is 4.19. The van der Waals surface area contributed by atoms with E-state index in [0.717, 1.165) is 11.1 Å². The third-order valence-electron chi connectivity index (χ3n) is 4.46. The van der Waals surface area contributed by atoms with Gasteiger partial charge in [-0.1, -0.05) is 61.0 Å². The van der Waals surface area contributed by atoms with Gasteiger partial charge in [-0.2, -0.15) is 0 Å². The summed E-state index contributed by atoms with van der Waals surface area (Å²) in [6, 6.07) is 16.9. The van der Waals surface area contributed by atoms with E-state index in [0.29, 0.717) is 29.5 Å². The van der Waals surface area contributed by atoms with Crippen LogP contribution >= 0.6 is 23.4 Å². The van der Waals surface area contributed by atoms with Crippen LogP contribution in [0.15, 0.2) is 54.6 Å². The van der Waals surface area contributed by atoms with E-state index in [-0.39, 0.29) is 17.4 Å². The van der Waals surface area contributed by atoms with Gasteiger partial charge in [0.2, 0.25) is 11.8 Å². The van der Waals surface area contributed by atoms with Crippen LogP contribution in [0.4, 0.5) is 0 Å². The van der Waals surface area contributed by atoms with Crippen molar-refractivity contribution in [1.29, 1.82) is 0 Å². The van der Waals surface area contributed by atoms with Crippen LogP contribution in [-0.4, -0.2) is 34.0 Å². The minimum atomic E-state index is -0.510. The van der Waals surface area contributed by atoms with Gasteiger partial charge in [-0.3, -0.25) is 9.59 Å². The lowest BCUT2D eigenvalue weighted by molar-refractivity contribution is -0.140. The molecule has 0 aromatic heterocycles. The summed E-state index contributed by atoms with van der Waals surface area (Å²) < 4.78 is 0. The number of amides is 2. The zero-order chi connectivity index (χ0) is 22.1. The van der Waals surface area contributed by atoms with Crippen molar-refractivity contribution in [3.63, 3.8) is 0 Å². The normalized spacial score (nSPS) is 12.3. The summed E-state index contributed by atoms with van der Waals surface area (Å²) in [6.45, 7) is 8.19. The number of nitrogens with zero attached hydrogens (tertiary/aromatic N) is 1. The van der Waals surface area contributed by atoms with E-state index in [1.54, 1.807) is 4.90 Å². The first-order chi connectivity index (χ1) is 14.2. The number of hydrogen-bond donors (Lipinski definition) is 1. The third-order valence-corrected chi connectivity index (χ3v) is 5.69. The topological polar surface area (TPSA) is 49.4 Å². The smallest absolute Gasteiger partial charge is 0.243 e. The molecule has 0 aliphatic carbocycles. The summed E-state index contributed by atoms with van der Waals surface area (Å²) in [6.07, 6.45) is 0.555. The Kier molecular flexibility index (Phi) is 9.25. The molecule has 4 nitrogen and oxygen atoms in total. The average molecular weight is 447 g/mol. The van der Waals surface area contributed by atoms with E-state index < -0.39 is 6.04 Å². The van der Waals surface area contributed by atoms with E-state index in [1.807, 2.05) is 82.3 Å². The number of halogens is 1. The van der Waals surface area contributed by atoms with Crippen molar-refractivity contribution < 1.29 is 9.59 Å². The molecule has 2 aromatic carbocycles. The Labute approximate surface area is 189 Å². The lowest BCUT2D eigenvalue weighted by Gasteiger charge is -2.33.